The number of nitrogens with zero attached hydrogens (tertiary/aromatic N) is 2. The summed E-state index contributed by atoms with van der Waals surface area (Å²) in [4.78, 5) is 4.80. The molecule has 2 aliphatic carbocycles. The predicted molar refractivity (Wildman–Crippen MR) is 122 cm³/mol. The first kappa shape index (κ1) is 20.0. The highest BCUT2D eigenvalue weighted by atomic mass is 16.5. The van der Waals surface area contributed by atoms with Gasteiger partial charge in [0.15, 0.2) is 0 Å². The number of ether oxygens (including phenoxy) is 1. The van der Waals surface area contributed by atoms with E-state index in [1.165, 1.54) is 24.0 Å². The number of hydrogen-bond acceptors (Lipinski definition) is 3. The van der Waals surface area contributed by atoms with Crippen LogP contribution in [0, 0.1) is 17.2 Å². The predicted octanol–water partition coefficient (Wildman–Crippen LogP) is 6.41. The molecule has 0 bridgehead atoms. The Bertz CT molecular complexity index is 1060. The third kappa shape index (κ3) is 4.01. The smallest absolute Gasteiger partial charge is 0.110 e. The number of hydrogen-bond donors (Lipinski definition) is 0. The molecule has 0 spiro atoms. The van der Waals surface area contributed by atoms with E-state index in [1.54, 1.807) is 0 Å². The summed E-state index contributed by atoms with van der Waals surface area (Å²) in [5.74, 6) is 0.686. The quantitative estimate of drug-likeness (QED) is 0.474. The Morgan fingerprint density at radius 1 is 0.871 bits per heavy atom. The lowest BCUT2D eigenvalue weighted by Gasteiger charge is -2.43. The summed E-state index contributed by atoms with van der Waals surface area (Å²) < 4.78 is 6.67. The largest absolute Gasteiger partial charge is 0.368 e. The number of nitriles is 1. The molecule has 1 heterocycles. The molecule has 5 rings (SSSR count). The van der Waals surface area contributed by atoms with Gasteiger partial charge in [-0.15, -0.1) is 0 Å². The van der Waals surface area contributed by atoms with Gasteiger partial charge < -0.3 is 4.74 Å². The van der Waals surface area contributed by atoms with Gasteiger partial charge in [0.2, 0.25) is 0 Å². The van der Waals surface area contributed by atoms with Crippen LogP contribution in [0.25, 0.3) is 11.1 Å². The van der Waals surface area contributed by atoms with Crippen molar-refractivity contribution in [2.24, 2.45) is 5.92 Å². The van der Waals surface area contributed by atoms with E-state index in [2.05, 4.69) is 54.6 Å². The second-order valence-electron chi connectivity index (χ2n) is 9.10. The van der Waals surface area contributed by atoms with Crippen molar-refractivity contribution in [3.05, 3.63) is 90.3 Å². The SMILES string of the molecule is N#C[C@]1(c2ccccc2)CC[C@@](OCC2CC2)(c2cc(-c3ccccc3)ccn2)CC1. The summed E-state index contributed by atoms with van der Waals surface area (Å²) in [5, 5.41) is 10.2. The molecule has 0 aliphatic heterocycles. The van der Waals surface area contributed by atoms with E-state index >= 15 is 0 Å². The molecule has 0 saturated heterocycles. The molecule has 2 aromatic carbocycles. The van der Waals surface area contributed by atoms with Gasteiger partial charge in [0, 0.05) is 6.20 Å². The maximum Gasteiger partial charge on any atom is 0.110 e. The molecule has 156 valence electrons. The van der Waals surface area contributed by atoms with Crippen LogP contribution in [0.3, 0.4) is 0 Å². The van der Waals surface area contributed by atoms with Crippen LogP contribution in [0.1, 0.15) is 49.8 Å². The molecule has 3 heteroatoms. The van der Waals surface area contributed by atoms with E-state index in [4.69, 9.17) is 9.72 Å². The molecular weight excluding hydrogens is 380 g/mol. The second-order valence-corrected chi connectivity index (χ2v) is 9.10. The number of pyridine rings is 1. The summed E-state index contributed by atoms with van der Waals surface area (Å²) in [6.07, 6.45) is 7.63. The van der Waals surface area contributed by atoms with Crippen LogP contribution in [-0.2, 0) is 15.8 Å². The van der Waals surface area contributed by atoms with Gasteiger partial charge in [-0.2, -0.15) is 5.26 Å². The Balaban J connectivity index is 1.47. The van der Waals surface area contributed by atoms with Crippen molar-refractivity contribution in [1.29, 1.82) is 5.26 Å². The van der Waals surface area contributed by atoms with Crippen molar-refractivity contribution in [3.8, 4) is 17.2 Å². The van der Waals surface area contributed by atoms with Crippen LogP contribution in [0.5, 0.6) is 0 Å². The molecule has 0 N–H and O–H groups in total. The van der Waals surface area contributed by atoms with Gasteiger partial charge in [-0.25, -0.2) is 0 Å². The molecule has 0 unspecified atom stereocenters. The molecule has 3 nitrogen and oxygen atoms in total. The third-order valence-electron chi connectivity index (χ3n) is 7.08. The third-order valence-corrected chi connectivity index (χ3v) is 7.08. The minimum absolute atomic E-state index is 0.414. The Morgan fingerprint density at radius 2 is 1.55 bits per heavy atom. The molecule has 0 atom stereocenters. The molecule has 1 aromatic heterocycles. The molecule has 2 fully saturated rings. The molecule has 3 aromatic rings. The highest BCUT2D eigenvalue weighted by molar-refractivity contribution is 5.63. The van der Waals surface area contributed by atoms with E-state index in [1.807, 2.05) is 30.5 Å². The second kappa shape index (κ2) is 8.29. The van der Waals surface area contributed by atoms with E-state index in [-0.39, 0.29) is 0 Å². The van der Waals surface area contributed by atoms with Gasteiger partial charge in [0.05, 0.1) is 23.8 Å². The molecule has 2 aliphatic rings. The lowest BCUT2D eigenvalue weighted by Crippen LogP contribution is -2.41. The minimum Gasteiger partial charge on any atom is -0.368 e. The zero-order chi connectivity index (χ0) is 21.2. The van der Waals surface area contributed by atoms with Crippen LogP contribution in [0.2, 0.25) is 0 Å². The summed E-state index contributed by atoms with van der Waals surface area (Å²) in [5.41, 5.74) is 3.64. The molecule has 2 saturated carbocycles. The summed E-state index contributed by atoms with van der Waals surface area (Å²) in [6.45, 7) is 0.794. The van der Waals surface area contributed by atoms with Gasteiger partial charge in [-0.05, 0) is 73.3 Å². The summed E-state index contributed by atoms with van der Waals surface area (Å²) in [6, 6.07) is 27.6. The zero-order valence-corrected chi connectivity index (χ0v) is 17.8. The number of aromatic nitrogens is 1. The van der Waals surface area contributed by atoms with Crippen LogP contribution < -0.4 is 0 Å². The fourth-order valence-corrected chi connectivity index (χ4v) is 4.83. The normalized spacial score (nSPS) is 25.6. The first-order chi connectivity index (χ1) is 15.2. The fourth-order valence-electron chi connectivity index (χ4n) is 4.83. The monoisotopic (exact) mass is 408 g/mol. The standard InChI is InChI=1S/C28H28N2O/c29-21-27(25-9-5-2-6-10-25)14-16-28(17-15-27,31-20-22-11-12-22)26-19-24(13-18-30-26)23-7-3-1-4-8-23/h1-10,13,18-19,22H,11-12,14-17,20H2/t27-,28-. The Morgan fingerprint density at radius 3 is 2.19 bits per heavy atom. The molecule has 31 heavy (non-hydrogen) atoms. The van der Waals surface area contributed by atoms with Crippen molar-refractivity contribution < 1.29 is 4.74 Å². The van der Waals surface area contributed by atoms with Crippen molar-refractivity contribution in [3.63, 3.8) is 0 Å². The number of benzene rings is 2. The van der Waals surface area contributed by atoms with E-state index < -0.39 is 11.0 Å². The Hall–Kier alpha value is -2.96. The molecule has 0 radical (unpaired) electrons. The number of rotatable bonds is 6. The van der Waals surface area contributed by atoms with Crippen molar-refractivity contribution >= 4 is 0 Å². The van der Waals surface area contributed by atoms with Crippen LogP contribution in [0.15, 0.2) is 79.0 Å². The average Bonchev–Trinajstić information content (AvgIpc) is 3.69. The summed E-state index contributed by atoms with van der Waals surface area (Å²) in [7, 11) is 0. The van der Waals surface area contributed by atoms with E-state index in [0.717, 1.165) is 43.5 Å². The topological polar surface area (TPSA) is 45.9 Å². The van der Waals surface area contributed by atoms with Crippen LogP contribution in [0.4, 0.5) is 0 Å². The lowest BCUT2D eigenvalue weighted by atomic mass is 9.65. The Labute approximate surface area is 184 Å². The maximum atomic E-state index is 10.2. The highest BCUT2D eigenvalue weighted by Crippen LogP contribution is 2.49. The van der Waals surface area contributed by atoms with Crippen LogP contribution in [-0.4, -0.2) is 11.6 Å². The average molecular weight is 409 g/mol. The summed E-state index contributed by atoms with van der Waals surface area (Å²) >= 11 is 0. The first-order valence-electron chi connectivity index (χ1n) is 11.4. The van der Waals surface area contributed by atoms with Gasteiger partial charge in [0.25, 0.3) is 0 Å². The lowest BCUT2D eigenvalue weighted by molar-refractivity contribution is -0.0908. The van der Waals surface area contributed by atoms with Gasteiger partial charge in [-0.3, -0.25) is 4.98 Å². The van der Waals surface area contributed by atoms with Crippen molar-refractivity contribution in [2.45, 2.75) is 49.5 Å². The highest BCUT2D eigenvalue weighted by Gasteiger charge is 2.47. The van der Waals surface area contributed by atoms with Gasteiger partial charge in [-0.1, -0.05) is 60.7 Å². The molecule has 0 amide bonds. The van der Waals surface area contributed by atoms with Gasteiger partial charge >= 0.3 is 0 Å². The first-order valence-corrected chi connectivity index (χ1v) is 11.4. The minimum atomic E-state index is -0.440. The fraction of sp³-hybridized carbons (Fsp3) is 0.357. The van der Waals surface area contributed by atoms with Crippen molar-refractivity contribution in [1.82, 2.24) is 4.98 Å². The molecular formula is C28H28N2O. The van der Waals surface area contributed by atoms with Gasteiger partial charge in [0.1, 0.15) is 5.60 Å². The van der Waals surface area contributed by atoms with E-state index in [9.17, 15) is 5.26 Å². The van der Waals surface area contributed by atoms with Crippen LogP contribution >= 0.6 is 0 Å². The maximum absolute atomic E-state index is 10.2. The van der Waals surface area contributed by atoms with Crippen molar-refractivity contribution in [2.75, 3.05) is 6.61 Å². The zero-order valence-electron chi connectivity index (χ0n) is 17.8. The Kier molecular flexibility index (Phi) is 5.34. The van der Waals surface area contributed by atoms with E-state index in [0.29, 0.717) is 5.92 Å².